The van der Waals surface area contributed by atoms with Crippen LogP contribution in [0.3, 0.4) is 0 Å². The number of rotatable bonds is 2. The van der Waals surface area contributed by atoms with Crippen molar-refractivity contribution < 1.29 is 22.7 Å². The van der Waals surface area contributed by atoms with Gasteiger partial charge in [-0.3, -0.25) is 4.79 Å². The van der Waals surface area contributed by atoms with Crippen molar-refractivity contribution in [3.63, 3.8) is 0 Å². The van der Waals surface area contributed by atoms with E-state index in [1.54, 1.807) is 18.7 Å². The van der Waals surface area contributed by atoms with Gasteiger partial charge in [0.1, 0.15) is 11.5 Å². The molecule has 1 amide bonds. The number of nitrogens with zero attached hydrogens (tertiary/aromatic N) is 2. The molecule has 21 heavy (non-hydrogen) atoms. The van der Waals surface area contributed by atoms with Gasteiger partial charge < -0.3 is 15.4 Å². The van der Waals surface area contributed by atoms with E-state index in [0.717, 1.165) is 12.1 Å². The number of primary amides is 1. The van der Waals surface area contributed by atoms with Crippen LogP contribution in [0, 0.1) is 0 Å². The number of carbonyl (C=O) groups is 1. The topological polar surface area (TPSA) is 68.5 Å². The average molecular weight is 303 g/mol. The third-order valence-corrected chi connectivity index (χ3v) is 3.15. The molecule has 0 unspecified atom stereocenters. The lowest BCUT2D eigenvalue weighted by atomic mass is 10.1. The lowest BCUT2D eigenvalue weighted by Gasteiger charge is -2.36. The van der Waals surface area contributed by atoms with Gasteiger partial charge in [-0.05, 0) is 26.0 Å². The highest BCUT2D eigenvalue weighted by molar-refractivity contribution is 5.97. The highest BCUT2D eigenvalue weighted by Gasteiger charge is 2.35. The van der Waals surface area contributed by atoms with E-state index in [4.69, 9.17) is 10.5 Å². The first kappa shape index (κ1) is 15.6. The van der Waals surface area contributed by atoms with E-state index in [2.05, 4.69) is 4.98 Å². The number of nitrogens with two attached hydrogens (primary N) is 1. The number of alkyl halides is 3. The van der Waals surface area contributed by atoms with Crippen LogP contribution in [0.5, 0.6) is 0 Å². The number of hydrogen-bond donors (Lipinski definition) is 1. The maximum absolute atomic E-state index is 12.8. The molecule has 1 fully saturated rings. The molecule has 8 heteroatoms. The molecule has 0 saturated carbocycles. The smallest absolute Gasteiger partial charge is 0.372 e. The van der Waals surface area contributed by atoms with Gasteiger partial charge in [-0.2, -0.15) is 13.2 Å². The number of halogens is 3. The Hall–Kier alpha value is -1.83. The van der Waals surface area contributed by atoms with Gasteiger partial charge in [-0.1, -0.05) is 0 Å². The summed E-state index contributed by atoms with van der Waals surface area (Å²) in [4.78, 5) is 16.6. The Morgan fingerprint density at radius 1 is 1.33 bits per heavy atom. The van der Waals surface area contributed by atoms with E-state index < -0.39 is 17.8 Å². The van der Waals surface area contributed by atoms with Crippen molar-refractivity contribution in [1.29, 1.82) is 0 Å². The molecule has 0 aromatic carbocycles. The standard InChI is InChI=1S/C13H16F3N3O2/c1-7-5-19(6-8(2)21-7)12-9(11(17)20)3-4-10(18-12)13(14,15)16/h3-4,7-8H,5-6H2,1-2H3,(H2,17,20)/t7-,8+. The number of ether oxygens (including phenoxy) is 1. The molecule has 1 aliphatic heterocycles. The minimum Gasteiger partial charge on any atom is -0.372 e. The predicted molar refractivity (Wildman–Crippen MR) is 70.0 cm³/mol. The first-order chi connectivity index (χ1) is 9.68. The molecule has 5 nitrogen and oxygen atoms in total. The lowest BCUT2D eigenvalue weighted by Crippen LogP contribution is -2.46. The van der Waals surface area contributed by atoms with Crippen LogP contribution in [-0.2, 0) is 10.9 Å². The first-order valence-corrected chi connectivity index (χ1v) is 6.47. The van der Waals surface area contributed by atoms with E-state index in [-0.39, 0.29) is 23.6 Å². The van der Waals surface area contributed by atoms with Gasteiger partial charge >= 0.3 is 6.18 Å². The van der Waals surface area contributed by atoms with Crippen molar-refractivity contribution in [2.45, 2.75) is 32.2 Å². The van der Waals surface area contributed by atoms with Gasteiger partial charge in [0.15, 0.2) is 0 Å². The maximum atomic E-state index is 12.8. The normalized spacial score (nSPS) is 23.2. The number of pyridine rings is 1. The summed E-state index contributed by atoms with van der Waals surface area (Å²) in [5.41, 5.74) is 4.16. The molecule has 0 aliphatic carbocycles. The van der Waals surface area contributed by atoms with Gasteiger partial charge in [0.05, 0.1) is 17.8 Å². The molecule has 116 valence electrons. The molecular formula is C13H16F3N3O2. The van der Waals surface area contributed by atoms with Crippen LogP contribution in [0.4, 0.5) is 19.0 Å². The molecule has 1 aromatic heterocycles. The molecular weight excluding hydrogens is 287 g/mol. The monoisotopic (exact) mass is 303 g/mol. The quantitative estimate of drug-likeness (QED) is 0.905. The van der Waals surface area contributed by atoms with Gasteiger partial charge in [0.2, 0.25) is 0 Å². The van der Waals surface area contributed by atoms with Crippen molar-refractivity contribution in [1.82, 2.24) is 4.98 Å². The van der Waals surface area contributed by atoms with E-state index >= 15 is 0 Å². The SMILES string of the molecule is C[C@@H]1CN(c2nc(C(F)(F)F)ccc2C(N)=O)C[C@H](C)O1. The number of carbonyl (C=O) groups excluding carboxylic acids is 1. The Labute approximate surface area is 119 Å². The summed E-state index contributed by atoms with van der Waals surface area (Å²) >= 11 is 0. The van der Waals surface area contributed by atoms with Gasteiger partial charge in [0, 0.05) is 13.1 Å². The molecule has 0 spiro atoms. The summed E-state index contributed by atoms with van der Waals surface area (Å²) in [6, 6.07) is 1.83. The Balaban J connectivity index is 2.45. The molecule has 1 aromatic rings. The fourth-order valence-electron chi connectivity index (χ4n) is 2.39. The Kier molecular flexibility index (Phi) is 4.08. The fourth-order valence-corrected chi connectivity index (χ4v) is 2.39. The second kappa shape index (κ2) is 5.51. The van der Waals surface area contributed by atoms with Crippen molar-refractivity contribution in [2.24, 2.45) is 5.73 Å². The van der Waals surface area contributed by atoms with Crippen molar-refractivity contribution in [2.75, 3.05) is 18.0 Å². The Morgan fingerprint density at radius 3 is 2.38 bits per heavy atom. The second-order valence-corrected chi connectivity index (χ2v) is 5.09. The van der Waals surface area contributed by atoms with Crippen molar-refractivity contribution >= 4 is 11.7 Å². The van der Waals surface area contributed by atoms with E-state index in [9.17, 15) is 18.0 Å². The van der Waals surface area contributed by atoms with Crippen LogP contribution in [0.15, 0.2) is 12.1 Å². The molecule has 0 radical (unpaired) electrons. The summed E-state index contributed by atoms with van der Waals surface area (Å²) in [5, 5.41) is 0. The molecule has 2 heterocycles. The number of morpholine rings is 1. The minimum atomic E-state index is -4.57. The number of anilines is 1. The van der Waals surface area contributed by atoms with Crippen LogP contribution >= 0.6 is 0 Å². The van der Waals surface area contributed by atoms with Crippen LogP contribution in [-0.4, -0.2) is 36.2 Å². The highest BCUT2D eigenvalue weighted by atomic mass is 19.4. The van der Waals surface area contributed by atoms with Gasteiger partial charge in [-0.15, -0.1) is 0 Å². The van der Waals surface area contributed by atoms with Crippen LogP contribution in [0.1, 0.15) is 29.9 Å². The minimum absolute atomic E-state index is 0.0238. The second-order valence-electron chi connectivity index (χ2n) is 5.09. The molecule has 1 saturated heterocycles. The van der Waals surface area contributed by atoms with E-state index in [1.165, 1.54) is 0 Å². The zero-order chi connectivity index (χ0) is 15.8. The van der Waals surface area contributed by atoms with Gasteiger partial charge in [0.25, 0.3) is 5.91 Å². The summed E-state index contributed by atoms with van der Waals surface area (Å²) in [5.74, 6) is -0.850. The summed E-state index contributed by atoms with van der Waals surface area (Å²) in [6.45, 7) is 4.30. The molecule has 2 atom stereocenters. The molecule has 0 bridgehead atoms. The maximum Gasteiger partial charge on any atom is 0.433 e. The largest absolute Gasteiger partial charge is 0.433 e. The number of amides is 1. The summed E-state index contributed by atoms with van der Waals surface area (Å²) < 4.78 is 43.9. The Bertz CT molecular complexity index is 538. The van der Waals surface area contributed by atoms with Crippen molar-refractivity contribution in [3.05, 3.63) is 23.4 Å². The van der Waals surface area contributed by atoms with E-state index in [0.29, 0.717) is 13.1 Å². The van der Waals surface area contributed by atoms with Gasteiger partial charge in [-0.25, -0.2) is 4.98 Å². The third kappa shape index (κ3) is 3.44. The number of hydrogen-bond acceptors (Lipinski definition) is 4. The fraction of sp³-hybridized carbons (Fsp3) is 0.538. The summed E-state index contributed by atoms with van der Waals surface area (Å²) in [7, 11) is 0. The molecule has 1 aliphatic rings. The first-order valence-electron chi connectivity index (χ1n) is 6.47. The van der Waals surface area contributed by atoms with Crippen molar-refractivity contribution in [3.8, 4) is 0 Å². The van der Waals surface area contributed by atoms with E-state index in [1.807, 2.05) is 0 Å². The third-order valence-electron chi connectivity index (χ3n) is 3.15. The predicted octanol–water partition coefficient (Wildman–Crippen LogP) is 1.81. The zero-order valence-corrected chi connectivity index (χ0v) is 11.6. The number of aromatic nitrogens is 1. The van der Waals surface area contributed by atoms with Crippen LogP contribution in [0.25, 0.3) is 0 Å². The summed E-state index contributed by atoms with van der Waals surface area (Å²) in [6.07, 6.45) is -4.93. The zero-order valence-electron chi connectivity index (χ0n) is 11.6. The molecule has 2 N–H and O–H groups in total. The lowest BCUT2D eigenvalue weighted by molar-refractivity contribution is -0.141. The van der Waals surface area contributed by atoms with Crippen LogP contribution in [0.2, 0.25) is 0 Å². The Morgan fingerprint density at radius 2 is 1.90 bits per heavy atom. The highest BCUT2D eigenvalue weighted by Crippen LogP contribution is 2.31. The van der Waals surface area contributed by atoms with Crippen LogP contribution < -0.4 is 10.6 Å². The molecule has 2 rings (SSSR count). The average Bonchev–Trinajstić information content (AvgIpc) is 2.35.